The molecule has 0 aliphatic carbocycles. The van der Waals surface area contributed by atoms with Gasteiger partial charge in [0.1, 0.15) is 0 Å². The van der Waals surface area contributed by atoms with Gasteiger partial charge in [-0.3, -0.25) is 0 Å². The van der Waals surface area contributed by atoms with E-state index in [1.54, 1.807) is 23.9 Å². The van der Waals surface area contributed by atoms with Crippen LogP contribution < -0.4 is 0 Å². The second kappa shape index (κ2) is 6.78. The van der Waals surface area contributed by atoms with Crippen molar-refractivity contribution in [2.45, 2.75) is 12.2 Å². The normalized spacial score (nSPS) is 10.8. The molecule has 0 atom stereocenters. The number of aliphatic hydroxyl groups excluding tert-OH is 1. The van der Waals surface area contributed by atoms with E-state index in [-0.39, 0.29) is 6.61 Å². The predicted octanol–water partition coefficient (Wildman–Crippen LogP) is 3.01. The summed E-state index contributed by atoms with van der Waals surface area (Å²) in [5.74, 6) is 2.66. The molecule has 0 saturated carbocycles. The molecule has 0 bridgehead atoms. The van der Waals surface area contributed by atoms with Gasteiger partial charge in [-0.25, -0.2) is 0 Å². The minimum absolute atomic E-state index is 0.215. The first-order valence-corrected chi connectivity index (χ1v) is 7.10. The number of hydrogen-bond acceptors (Lipinski definition) is 5. The molecule has 4 nitrogen and oxygen atoms in total. The maximum atomic E-state index is 8.66. The van der Waals surface area contributed by atoms with Crippen LogP contribution in [0.3, 0.4) is 0 Å². The molecule has 0 unspecified atom stereocenters. The molecular formula is C12H13ClN2O2S. The van der Waals surface area contributed by atoms with E-state index in [0.717, 1.165) is 17.7 Å². The largest absolute Gasteiger partial charge is 0.420 e. The highest BCUT2D eigenvalue weighted by Gasteiger charge is 2.08. The smallest absolute Gasteiger partial charge is 0.247 e. The molecule has 6 heteroatoms. The second-order valence-electron chi connectivity index (χ2n) is 3.64. The minimum atomic E-state index is 0.215. The fourth-order valence-corrected chi connectivity index (χ4v) is 2.24. The molecule has 2 rings (SSSR count). The average Bonchev–Trinajstić information content (AvgIpc) is 2.84. The van der Waals surface area contributed by atoms with Gasteiger partial charge in [0, 0.05) is 17.2 Å². The van der Waals surface area contributed by atoms with Crippen LogP contribution in [0.15, 0.2) is 28.7 Å². The molecule has 1 aromatic carbocycles. The van der Waals surface area contributed by atoms with Gasteiger partial charge in [-0.05, 0) is 36.4 Å². The summed E-state index contributed by atoms with van der Waals surface area (Å²) in [5, 5.41) is 17.3. The number of aromatic nitrogens is 2. The highest BCUT2D eigenvalue weighted by Crippen LogP contribution is 2.21. The Hall–Kier alpha value is -1.04. The third kappa shape index (κ3) is 3.73. The standard InChI is InChI=1S/C12H13ClN2O2S/c13-10-4-2-9(3-5-10)12-15-14-11(17-12)8-18-7-1-6-16/h2-5,16H,1,6-8H2. The Balaban J connectivity index is 1.95. The molecular weight excluding hydrogens is 272 g/mol. The van der Waals surface area contributed by atoms with Crippen LogP contribution in [-0.2, 0) is 5.75 Å². The van der Waals surface area contributed by atoms with Crippen molar-refractivity contribution in [2.24, 2.45) is 0 Å². The molecule has 1 heterocycles. The van der Waals surface area contributed by atoms with E-state index in [4.69, 9.17) is 21.1 Å². The molecule has 0 spiro atoms. The fraction of sp³-hybridized carbons (Fsp3) is 0.333. The average molecular weight is 285 g/mol. The van der Waals surface area contributed by atoms with Crippen LogP contribution in [0.25, 0.3) is 11.5 Å². The van der Waals surface area contributed by atoms with Crippen molar-refractivity contribution in [2.75, 3.05) is 12.4 Å². The molecule has 0 amide bonds. The maximum absolute atomic E-state index is 8.66. The van der Waals surface area contributed by atoms with Gasteiger partial charge in [0.15, 0.2) is 0 Å². The molecule has 18 heavy (non-hydrogen) atoms. The summed E-state index contributed by atoms with van der Waals surface area (Å²) in [6.07, 6.45) is 0.781. The van der Waals surface area contributed by atoms with Crippen molar-refractivity contribution in [3.8, 4) is 11.5 Å². The quantitative estimate of drug-likeness (QED) is 0.826. The lowest BCUT2D eigenvalue weighted by atomic mass is 10.2. The minimum Gasteiger partial charge on any atom is -0.420 e. The maximum Gasteiger partial charge on any atom is 0.247 e. The van der Waals surface area contributed by atoms with Crippen molar-refractivity contribution in [3.63, 3.8) is 0 Å². The van der Waals surface area contributed by atoms with Crippen molar-refractivity contribution in [1.29, 1.82) is 0 Å². The highest BCUT2D eigenvalue weighted by atomic mass is 35.5. The molecule has 1 N–H and O–H groups in total. The van der Waals surface area contributed by atoms with Crippen LogP contribution in [0.5, 0.6) is 0 Å². The van der Waals surface area contributed by atoms with Crippen LogP contribution in [0.4, 0.5) is 0 Å². The first kappa shape index (κ1) is 13.4. The SMILES string of the molecule is OCCCSCc1nnc(-c2ccc(Cl)cc2)o1. The summed E-state index contributed by atoms with van der Waals surface area (Å²) in [6.45, 7) is 0.215. The third-order valence-corrected chi connectivity index (χ3v) is 3.51. The van der Waals surface area contributed by atoms with Crippen LogP contribution >= 0.6 is 23.4 Å². The Morgan fingerprint density at radius 1 is 1.22 bits per heavy atom. The summed E-state index contributed by atoms with van der Waals surface area (Å²) < 4.78 is 5.54. The van der Waals surface area contributed by atoms with E-state index in [1.807, 2.05) is 12.1 Å². The Labute approximate surface area is 114 Å². The molecule has 0 radical (unpaired) electrons. The molecule has 0 aliphatic rings. The molecule has 0 saturated heterocycles. The predicted molar refractivity (Wildman–Crippen MR) is 72.6 cm³/mol. The number of benzene rings is 1. The van der Waals surface area contributed by atoms with E-state index < -0.39 is 0 Å². The first-order valence-electron chi connectivity index (χ1n) is 5.56. The number of halogens is 1. The number of aliphatic hydroxyl groups is 1. The summed E-state index contributed by atoms with van der Waals surface area (Å²) >= 11 is 7.48. The summed E-state index contributed by atoms with van der Waals surface area (Å²) in [7, 11) is 0. The van der Waals surface area contributed by atoms with Gasteiger partial charge in [-0.1, -0.05) is 11.6 Å². The molecule has 1 aromatic heterocycles. The highest BCUT2D eigenvalue weighted by molar-refractivity contribution is 7.98. The van der Waals surface area contributed by atoms with Crippen LogP contribution in [0, 0.1) is 0 Å². The van der Waals surface area contributed by atoms with Gasteiger partial charge >= 0.3 is 0 Å². The summed E-state index contributed by atoms with van der Waals surface area (Å²) in [6, 6.07) is 7.27. The van der Waals surface area contributed by atoms with E-state index in [1.165, 1.54) is 0 Å². The lowest BCUT2D eigenvalue weighted by molar-refractivity contribution is 0.296. The summed E-state index contributed by atoms with van der Waals surface area (Å²) in [5.41, 5.74) is 0.860. The van der Waals surface area contributed by atoms with Crippen molar-refractivity contribution in [3.05, 3.63) is 35.2 Å². The zero-order valence-electron chi connectivity index (χ0n) is 9.67. The van der Waals surface area contributed by atoms with E-state index >= 15 is 0 Å². The van der Waals surface area contributed by atoms with E-state index in [9.17, 15) is 0 Å². The second-order valence-corrected chi connectivity index (χ2v) is 5.18. The number of rotatable bonds is 6. The van der Waals surface area contributed by atoms with Crippen LogP contribution in [-0.4, -0.2) is 27.7 Å². The van der Waals surface area contributed by atoms with Crippen molar-refractivity contribution < 1.29 is 9.52 Å². The van der Waals surface area contributed by atoms with Gasteiger partial charge in [-0.15, -0.1) is 10.2 Å². The number of nitrogens with zero attached hydrogens (tertiary/aromatic N) is 2. The van der Waals surface area contributed by atoms with E-state index in [0.29, 0.717) is 22.6 Å². The lowest BCUT2D eigenvalue weighted by Crippen LogP contribution is -1.87. The lowest BCUT2D eigenvalue weighted by Gasteiger charge is -1.96. The zero-order valence-corrected chi connectivity index (χ0v) is 11.2. The Morgan fingerprint density at radius 3 is 2.72 bits per heavy atom. The topological polar surface area (TPSA) is 59.2 Å². The Kier molecular flexibility index (Phi) is 5.04. The molecule has 2 aromatic rings. The zero-order chi connectivity index (χ0) is 12.8. The summed E-state index contributed by atoms with van der Waals surface area (Å²) in [4.78, 5) is 0. The van der Waals surface area contributed by atoms with Gasteiger partial charge in [0.05, 0.1) is 5.75 Å². The Morgan fingerprint density at radius 2 is 2.00 bits per heavy atom. The fourth-order valence-electron chi connectivity index (χ4n) is 1.35. The van der Waals surface area contributed by atoms with Gasteiger partial charge < -0.3 is 9.52 Å². The monoisotopic (exact) mass is 284 g/mol. The van der Waals surface area contributed by atoms with Crippen LogP contribution in [0.1, 0.15) is 12.3 Å². The van der Waals surface area contributed by atoms with Gasteiger partial charge in [-0.2, -0.15) is 11.8 Å². The number of thioether (sulfide) groups is 1. The Bertz CT molecular complexity index is 487. The molecule has 96 valence electrons. The van der Waals surface area contributed by atoms with E-state index in [2.05, 4.69) is 10.2 Å². The third-order valence-electron chi connectivity index (χ3n) is 2.23. The van der Waals surface area contributed by atoms with Crippen LogP contribution in [0.2, 0.25) is 5.02 Å². The van der Waals surface area contributed by atoms with Crippen molar-refractivity contribution in [1.82, 2.24) is 10.2 Å². The van der Waals surface area contributed by atoms with Gasteiger partial charge in [0.25, 0.3) is 0 Å². The van der Waals surface area contributed by atoms with Crippen molar-refractivity contribution >= 4 is 23.4 Å². The number of hydrogen-bond donors (Lipinski definition) is 1. The van der Waals surface area contributed by atoms with Gasteiger partial charge in [0.2, 0.25) is 11.8 Å². The first-order chi connectivity index (χ1) is 8.79. The molecule has 0 aliphatic heterocycles. The molecule has 0 fully saturated rings.